The normalized spacial score (nSPS) is 20.5. The fraction of sp³-hybridized carbons (Fsp3) is 0.543. The number of allylic oxidation sites excluding steroid dienone is 3. The molecule has 2 aromatic rings. The summed E-state index contributed by atoms with van der Waals surface area (Å²) in [5.41, 5.74) is 18.3. The number of rotatable bonds is 11. The maximum Gasteiger partial charge on any atom is 1.00 e. The number of methoxy groups -OCH3 is 1. The van der Waals surface area contributed by atoms with Crippen molar-refractivity contribution < 1.29 is 61.2 Å². The number of benzene rings is 2. The Bertz CT molecular complexity index is 1180. The van der Waals surface area contributed by atoms with Gasteiger partial charge in [-0.2, -0.15) is 0 Å². The second-order valence-corrected chi connectivity index (χ2v) is 11.9. The molecule has 0 amide bonds. The average molecular weight is 646 g/mol. The van der Waals surface area contributed by atoms with E-state index in [1.165, 1.54) is 51.9 Å². The molecule has 45 heavy (non-hydrogen) atoms. The SMILES string of the molecule is C/C=C(\C(C)=C(/N)N[N-]CC)c1ccc(NC(O)c2ccc(NC)cc2)c(OC)c1.CC1CCC(N2CCN(C)CC2)CC1.[K+]. The van der Waals surface area contributed by atoms with Gasteiger partial charge >= 0.3 is 51.4 Å². The first-order valence-corrected chi connectivity index (χ1v) is 16.1. The van der Waals surface area contributed by atoms with E-state index in [2.05, 4.69) is 45.3 Å². The van der Waals surface area contributed by atoms with Crippen LogP contribution in [0.4, 0.5) is 11.4 Å². The standard InChI is InChI=1S/C23H32N5O2.C12H24N2.K/c1-6-19(15(3)22(24)28-26-7-2)17-10-13-20(21(14-17)30-5)27-23(29)16-8-11-18(25-4)12-9-16;1-11-3-5-12(6-4-11)14-9-7-13(2)8-10-14;/h6,8-14,23,25,27-29H,7,24H2,1-5H3;11-12H,3-10H2,1-2H3;/q-1;;+1/b19-6+,22-15+;;. The summed E-state index contributed by atoms with van der Waals surface area (Å²) in [5.74, 6) is 2.11. The van der Waals surface area contributed by atoms with E-state index in [-0.39, 0.29) is 51.4 Å². The van der Waals surface area contributed by atoms with Crippen LogP contribution in [0.1, 0.15) is 70.7 Å². The number of aliphatic hydroxyl groups excluding tert-OH is 1. The number of piperazine rings is 1. The van der Waals surface area contributed by atoms with E-state index in [0.717, 1.165) is 39.9 Å². The molecule has 1 atom stereocenters. The van der Waals surface area contributed by atoms with Crippen molar-refractivity contribution in [3.05, 3.63) is 76.5 Å². The van der Waals surface area contributed by atoms with Crippen LogP contribution in [0.15, 0.2) is 59.9 Å². The summed E-state index contributed by atoms with van der Waals surface area (Å²) >= 11 is 0. The van der Waals surface area contributed by atoms with E-state index in [1.807, 2.05) is 76.4 Å². The number of nitrogens with one attached hydrogen (secondary N) is 3. The van der Waals surface area contributed by atoms with E-state index in [1.54, 1.807) is 7.11 Å². The van der Waals surface area contributed by atoms with Crippen molar-refractivity contribution in [2.24, 2.45) is 11.7 Å². The Hall–Kier alpha value is -1.60. The van der Waals surface area contributed by atoms with Gasteiger partial charge in [0.2, 0.25) is 0 Å². The first-order valence-electron chi connectivity index (χ1n) is 16.1. The Morgan fingerprint density at radius 3 is 2.29 bits per heavy atom. The van der Waals surface area contributed by atoms with Crippen molar-refractivity contribution in [1.82, 2.24) is 15.2 Å². The van der Waals surface area contributed by atoms with Gasteiger partial charge in [0.1, 0.15) is 5.75 Å². The van der Waals surface area contributed by atoms with Gasteiger partial charge in [-0.1, -0.05) is 38.1 Å². The fourth-order valence-electron chi connectivity index (χ4n) is 5.83. The van der Waals surface area contributed by atoms with E-state index >= 15 is 0 Å². The van der Waals surface area contributed by atoms with Crippen LogP contribution in [0, 0.1) is 5.92 Å². The summed E-state index contributed by atoms with van der Waals surface area (Å²) in [7, 11) is 5.70. The van der Waals surface area contributed by atoms with Crippen LogP contribution in [0.5, 0.6) is 5.75 Å². The second-order valence-electron chi connectivity index (χ2n) is 11.9. The zero-order valence-corrected chi connectivity index (χ0v) is 32.1. The van der Waals surface area contributed by atoms with Gasteiger partial charge in [-0.05, 0) is 93.5 Å². The summed E-state index contributed by atoms with van der Waals surface area (Å²) in [6.07, 6.45) is 6.94. The van der Waals surface area contributed by atoms with Crippen LogP contribution in [-0.4, -0.2) is 74.9 Å². The largest absolute Gasteiger partial charge is 1.00 e. The van der Waals surface area contributed by atoms with Crippen molar-refractivity contribution in [1.29, 1.82) is 0 Å². The number of likely N-dealkylation sites (N-methyl/N-ethyl adjacent to an activating group) is 1. The van der Waals surface area contributed by atoms with Gasteiger partial charge in [0, 0.05) is 50.5 Å². The van der Waals surface area contributed by atoms with Crippen LogP contribution in [0.25, 0.3) is 11.0 Å². The van der Waals surface area contributed by atoms with Crippen LogP contribution in [-0.2, 0) is 0 Å². The first kappa shape index (κ1) is 39.6. The molecule has 0 spiro atoms. The van der Waals surface area contributed by atoms with Gasteiger partial charge in [0.15, 0.2) is 6.23 Å². The van der Waals surface area contributed by atoms with Gasteiger partial charge in [0.05, 0.1) is 18.6 Å². The molecule has 1 saturated carbocycles. The Morgan fingerprint density at radius 2 is 1.73 bits per heavy atom. The Labute approximate surface area is 314 Å². The quantitative estimate of drug-likeness (QED) is 0.110. The summed E-state index contributed by atoms with van der Waals surface area (Å²) in [4.78, 5) is 5.17. The third kappa shape index (κ3) is 12.2. The van der Waals surface area contributed by atoms with Crippen LogP contribution >= 0.6 is 0 Å². The fourth-order valence-corrected chi connectivity index (χ4v) is 5.83. The molecule has 1 saturated heterocycles. The third-order valence-electron chi connectivity index (χ3n) is 8.81. The smallest absolute Gasteiger partial charge is 0.570 e. The molecule has 0 bridgehead atoms. The van der Waals surface area contributed by atoms with Gasteiger partial charge in [0.25, 0.3) is 0 Å². The number of nitrogens with zero attached hydrogens (tertiary/aromatic N) is 3. The van der Waals surface area contributed by atoms with E-state index in [0.29, 0.717) is 23.8 Å². The number of hydrogen-bond donors (Lipinski definition) is 5. The predicted molar refractivity (Wildman–Crippen MR) is 186 cm³/mol. The zero-order valence-electron chi connectivity index (χ0n) is 29.0. The van der Waals surface area contributed by atoms with Crippen molar-refractivity contribution >= 4 is 16.9 Å². The van der Waals surface area contributed by atoms with E-state index in [9.17, 15) is 5.11 Å². The van der Waals surface area contributed by atoms with E-state index < -0.39 is 6.23 Å². The number of nitrogens with two attached hydrogens (primary N) is 1. The molecule has 2 fully saturated rings. The maximum absolute atomic E-state index is 10.6. The Balaban J connectivity index is 0.000000391. The minimum Gasteiger partial charge on any atom is -0.570 e. The summed E-state index contributed by atoms with van der Waals surface area (Å²) in [6, 6.07) is 14.2. The van der Waals surface area contributed by atoms with Crippen molar-refractivity contribution in [3.63, 3.8) is 0 Å². The van der Waals surface area contributed by atoms with Crippen LogP contribution in [0.3, 0.4) is 0 Å². The number of aliphatic hydroxyl groups is 1. The molecule has 0 radical (unpaired) electrons. The summed E-state index contributed by atoms with van der Waals surface area (Å²) in [6.45, 7) is 14.0. The van der Waals surface area contributed by atoms with E-state index in [4.69, 9.17) is 10.5 Å². The number of ether oxygens (including phenoxy) is 1. The Morgan fingerprint density at radius 1 is 1.09 bits per heavy atom. The molecule has 2 aromatic carbocycles. The van der Waals surface area contributed by atoms with Gasteiger partial charge in [-0.3, -0.25) is 4.90 Å². The van der Waals surface area contributed by atoms with Gasteiger partial charge in [-0.15, -0.1) is 6.54 Å². The molecule has 10 heteroatoms. The molecular weight excluding hydrogens is 590 g/mol. The monoisotopic (exact) mass is 645 g/mol. The topological polar surface area (TPSA) is 112 Å². The minimum absolute atomic E-state index is 0. The minimum atomic E-state index is -0.867. The third-order valence-corrected chi connectivity index (χ3v) is 8.81. The molecule has 1 aliphatic carbocycles. The molecule has 6 N–H and O–H groups in total. The molecule has 0 aromatic heterocycles. The molecule has 244 valence electrons. The number of anilines is 2. The van der Waals surface area contributed by atoms with Crippen molar-refractivity contribution in [2.75, 3.05) is 64.6 Å². The Kier molecular flexibility index (Phi) is 18.1. The van der Waals surface area contributed by atoms with Crippen LogP contribution in [0.2, 0.25) is 0 Å². The van der Waals surface area contributed by atoms with Crippen LogP contribution < -0.4 is 77.9 Å². The second kappa shape index (κ2) is 20.6. The van der Waals surface area contributed by atoms with Gasteiger partial charge < -0.3 is 42.0 Å². The first-order chi connectivity index (χ1) is 21.2. The number of hydrogen-bond acceptors (Lipinski definition) is 8. The average Bonchev–Trinajstić information content (AvgIpc) is 3.05. The molecule has 9 nitrogen and oxygen atoms in total. The van der Waals surface area contributed by atoms with Gasteiger partial charge in [-0.25, -0.2) is 0 Å². The summed E-state index contributed by atoms with van der Waals surface area (Å²) < 4.78 is 5.57. The molecule has 1 heterocycles. The maximum atomic E-state index is 10.6. The predicted octanol–water partition coefficient (Wildman–Crippen LogP) is 3.15. The molecule has 1 unspecified atom stereocenters. The molecule has 1 aliphatic heterocycles. The van der Waals surface area contributed by atoms with Crippen molar-refractivity contribution in [2.45, 2.75) is 65.6 Å². The molecular formula is C35H56KN7O2. The zero-order chi connectivity index (χ0) is 32.1. The summed E-state index contributed by atoms with van der Waals surface area (Å²) in [5, 5.41) is 16.8. The molecule has 2 aliphatic rings. The molecule has 4 rings (SSSR count). The van der Waals surface area contributed by atoms with Crippen molar-refractivity contribution in [3.8, 4) is 5.75 Å².